The summed E-state index contributed by atoms with van der Waals surface area (Å²) < 4.78 is 10.4. The maximum absolute atomic E-state index is 12.3. The fourth-order valence-corrected chi connectivity index (χ4v) is 3.18. The van der Waals surface area contributed by atoms with Gasteiger partial charge in [0.15, 0.2) is 12.0 Å². The average molecular weight is 372 g/mol. The number of rotatable bonds is 4. The van der Waals surface area contributed by atoms with E-state index in [1.54, 1.807) is 18.2 Å². The zero-order valence-corrected chi connectivity index (χ0v) is 14.9. The van der Waals surface area contributed by atoms with Crippen molar-refractivity contribution in [2.75, 3.05) is 13.2 Å². The highest BCUT2D eigenvalue weighted by Crippen LogP contribution is 2.18. The van der Waals surface area contributed by atoms with Gasteiger partial charge in [-0.2, -0.15) is 0 Å². The number of likely N-dealkylation sites (tertiary alicyclic amines) is 1. The van der Waals surface area contributed by atoms with Crippen LogP contribution in [0.5, 0.6) is 0 Å². The minimum atomic E-state index is -0.921. The smallest absolute Gasteiger partial charge is 0.374 e. The van der Waals surface area contributed by atoms with Gasteiger partial charge in [0, 0.05) is 12.6 Å². The molecule has 27 heavy (non-hydrogen) atoms. The molecule has 142 valence electrons. The first kappa shape index (κ1) is 18.6. The number of hydrogen-bond donors (Lipinski definition) is 1. The summed E-state index contributed by atoms with van der Waals surface area (Å²) in [4.78, 5) is 49.5. The maximum atomic E-state index is 12.3. The Morgan fingerprint density at radius 1 is 1.26 bits per heavy atom. The van der Waals surface area contributed by atoms with E-state index in [4.69, 9.17) is 14.9 Å². The molecule has 0 spiro atoms. The highest BCUT2D eigenvalue weighted by molar-refractivity contribution is 5.92. The second-order valence-corrected chi connectivity index (χ2v) is 6.55. The van der Waals surface area contributed by atoms with Crippen LogP contribution in [-0.4, -0.2) is 41.9 Å². The molecule has 2 amide bonds. The molecule has 1 aromatic heterocycles. The number of esters is 1. The third-order valence-corrected chi connectivity index (χ3v) is 4.56. The molecular formula is C19H20N2O6. The van der Waals surface area contributed by atoms with E-state index in [0.717, 1.165) is 24.5 Å². The molecule has 2 aromatic rings. The Hall–Kier alpha value is -3.16. The topological polar surface area (TPSA) is 120 Å². The summed E-state index contributed by atoms with van der Waals surface area (Å²) >= 11 is 0. The Bertz CT molecular complexity index is 964. The van der Waals surface area contributed by atoms with E-state index >= 15 is 0 Å². The SMILES string of the molecule is Cc1ccc2oc(C(=O)OCC(=O)N3CCCC[C@@H]3C(N)=O)cc(=O)c2c1. The van der Waals surface area contributed by atoms with E-state index < -0.39 is 30.4 Å². The minimum Gasteiger partial charge on any atom is -0.450 e. The summed E-state index contributed by atoms with van der Waals surface area (Å²) in [6, 6.07) is 5.37. The van der Waals surface area contributed by atoms with Gasteiger partial charge in [0.25, 0.3) is 5.91 Å². The number of aryl methyl sites for hydroxylation is 1. The molecule has 1 aromatic carbocycles. The number of nitrogens with zero attached hydrogens (tertiary/aromatic N) is 1. The summed E-state index contributed by atoms with van der Waals surface area (Å²) in [5.41, 5.74) is 6.11. The quantitative estimate of drug-likeness (QED) is 0.803. The molecule has 1 fully saturated rings. The second kappa shape index (κ2) is 7.61. The Kier molecular flexibility index (Phi) is 5.25. The first-order chi connectivity index (χ1) is 12.9. The molecule has 1 saturated heterocycles. The van der Waals surface area contributed by atoms with Crippen LogP contribution in [-0.2, 0) is 14.3 Å². The monoisotopic (exact) mass is 372 g/mol. The van der Waals surface area contributed by atoms with Crippen LogP contribution in [0.25, 0.3) is 11.0 Å². The van der Waals surface area contributed by atoms with Crippen molar-refractivity contribution in [3.8, 4) is 0 Å². The summed E-state index contributed by atoms with van der Waals surface area (Å²) in [5, 5.41) is 0.361. The van der Waals surface area contributed by atoms with Crippen LogP contribution < -0.4 is 11.2 Å². The molecule has 1 aliphatic rings. The number of amides is 2. The van der Waals surface area contributed by atoms with Gasteiger partial charge in [0.2, 0.25) is 11.7 Å². The lowest BCUT2D eigenvalue weighted by Crippen LogP contribution is -2.51. The molecule has 0 saturated carbocycles. The van der Waals surface area contributed by atoms with Crippen LogP contribution in [0.15, 0.2) is 33.5 Å². The van der Waals surface area contributed by atoms with Crippen molar-refractivity contribution in [3.63, 3.8) is 0 Å². The first-order valence-electron chi connectivity index (χ1n) is 8.67. The van der Waals surface area contributed by atoms with E-state index in [1.165, 1.54) is 4.90 Å². The number of ether oxygens (including phenoxy) is 1. The van der Waals surface area contributed by atoms with Gasteiger partial charge < -0.3 is 19.8 Å². The van der Waals surface area contributed by atoms with Crippen LogP contribution in [0.3, 0.4) is 0 Å². The van der Waals surface area contributed by atoms with E-state index in [-0.39, 0.29) is 16.8 Å². The van der Waals surface area contributed by atoms with Crippen molar-refractivity contribution in [2.24, 2.45) is 5.73 Å². The number of nitrogens with two attached hydrogens (primary N) is 1. The van der Waals surface area contributed by atoms with Crippen LogP contribution in [0.4, 0.5) is 0 Å². The van der Waals surface area contributed by atoms with Crippen LogP contribution in [0.1, 0.15) is 35.4 Å². The molecule has 2 heterocycles. The highest BCUT2D eigenvalue weighted by atomic mass is 16.5. The van der Waals surface area contributed by atoms with Gasteiger partial charge in [0.05, 0.1) is 5.39 Å². The number of piperidine rings is 1. The van der Waals surface area contributed by atoms with E-state index in [1.807, 2.05) is 6.92 Å². The third-order valence-electron chi connectivity index (χ3n) is 4.56. The largest absolute Gasteiger partial charge is 0.450 e. The summed E-state index contributed by atoms with van der Waals surface area (Å²) in [6.45, 7) is 1.67. The summed E-state index contributed by atoms with van der Waals surface area (Å²) in [7, 11) is 0. The van der Waals surface area contributed by atoms with Crippen LogP contribution in [0.2, 0.25) is 0 Å². The molecular weight excluding hydrogens is 352 g/mol. The summed E-state index contributed by atoms with van der Waals surface area (Å²) in [5.74, 6) is -2.29. The normalized spacial score (nSPS) is 16.9. The molecule has 3 rings (SSSR count). The van der Waals surface area contributed by atoms with E-state index in [2.05, 4.69) is 0 Å². The molecule has 0 unspecified atom stereocenters. The van der Waals surface area contributed by atoms with Gasteiger partial charge >= 0.3 is 5.97 Å². The molecule has 0 aliphatic carbocycles. The predicted molar refractivity (Wildman–Crippen MR) is 96.0 cm³/mol. The standard InChI is InChI=1S/C19H20N2O6/c1-11-5-6-15-12(8-11)14(22)9-16(27-15)19(25)26-10-17(23)21-7-3-2-4-13(21)18(20)24/h5-6,8-9,13H,2-4,7,10H2,1H3,(H2,20,24)/t13-/m1/s1. The first-order valence-corrected chi connectivity index (χ1v) is 8.67. The summed E-state index contributed by atoms with van der Waals surface area (Å²) in [6.07, 6.45) is 2.05. The van der Waals surface area contributed by atoms with E-state index in [9.17, 15) is 19.2 Å². The molecule has 8 nitrogen and oxygen atoms in total. The van der Waals surface area contributed by atoms with Gasteiger partial charge in [-0.05, 0) is 38.3 Å². The fraction of sp³-hybridized carbons (Fsp3) is 0.368. The van der Waals surface area contributed by atoms with Crippen molar-refractivity contribution < 1.29 is 23.5 Å². The number of carbonyl (C=O) groups excluding carboxylic acids is 3. The Morgan fingerprint density at radius 3 is 2.78 bits per heavy atom. The van der Waals surface area contributed by atoms with Crippen molar-refractivity contribution in [1.29, 1.82) is 0 Å². The molecule has 1 aliphatic heterocycles. The molecule has 2 N–H and O–H groups in total. The van der Waals surface area contributed by atoms with Crippen molar-refractivity contribution in [3.05, 3.63) is 45.8 Å². The van der Waals surface area contributed by atoms with Gasteiger partial charge in [-0.15, -0.1) is 0 Å². The number of primary amides is 1. The van der Waals surface area contributed by atoms with Gasteiger partial charge in [-0.25, -0.2) is 4.79 Å². The van der Waals surface area contributed by atoms with Crippen molar-refractivity contribution in [1.82, 2.24) is 4.90 Å². The highest BCUT2D eigenvalue weighted by Gasteiger charge is 2.31. The minimum absolute atomic E-state index is 0.260. The van der Waals surface area contributed by atoms with Gasteiger partial charge in [-0.3, -0.25) is 14.4 Å². The number of carbonyl (C=O) groups is 3. The Balaban J connectivity index is 1.71. The molecule has 0 radical (unpaired) electrons. The lowest BCUT2D eigenvalue weighted by molar-refractivity contribution is -0.143. The second-order valence-electron chi connectivity index (χ2n) is 6.55. The molecule has 0 bridgehead atoms. The van der Waals surface area contributed by atoms with Gasteiger partial charge in [0.1, 0.15) is 11.6 Å². The molecule has 8 heteroatoms. The number of benzene rings is 1. The lowest BCUT2D eigenvalue weighted by Gasteiger charge is -2.33. The fourth-order valence-electron chi connectivity index (χ4n) is 3.18. The average Bonchev–Trinajstić information content (AvgIpc) is 2.66. The number of fused-ring (bicyclic) bond motifs is 1. The third kappa shape index (κ3) is 3.99. The van der Waals surface area contributed by atoms with Crippen molar-refractivity contribution in [2.45, 2.75) is 32.2 Å². The molecule has 1 atom stereocenters. The Morgan fingerprint density at radius 2 is 2.04 bits per heavy atom. The van der Waals surface area contributed by atoms with Crippen LogP contribution in [0, 0.1) is 6.92 Å². The zero-order valence-electron chi connectivity index (χ0n) is 14.9. The lowest BCUT2D eigenvalue weighted by atomic mass is 10.0. The Labute approximate surface area is 154 Å². The van der Waals surface area contributed by atoms with E-state index in [0.29, 0.717) is 18.4 Å². The maximum Gasteiger partial charge on any atom is 0.374 e. The number of hydrogen-bond acceptors (Lipinski definition) is 6. The predicted octanol–water partition coefficient (Wildman–Crippen LogP) is 1.12. The zero-order chi connectivity index (χ0) is 19.6. The van der Waals surface area contributed by atoms with Crippen LogP contribution >= 0.6 is 0 Å². The van der Waals surface area contributed by atoms with Crippen molar-refractivity contribution >= 4 is 28.8 Å². The van der Waals surface area contributed by atoms with Gasteiger partial charge in [-0.1, -0.05) is 11.6 Å².